The lowest BCUT2D eigenvalue weighted by molar-refractivity contribution is -0.146. The Morgan fingerprint density at radius 3 is 2.67 bits per heavy atom. The molecule has 0 heterocycles. The molecule has 0 saturated carbocycles. The lowest BCUT2D eigenvalue weighted by Gasteiger charge is -2.25. The first-order valence-corrected chi connectivity index (χ1v) is 5.30. The molecule has 4 nitrogen and oxygen atoms in total. The maximum atomic E-state index is 11.9. The van der Waals surface area contributed by atoms with Gasteiger partial charge in [0.25, 0.3) is 0 Å². The second-order valence-electron chi connectivity index (χ2n) is 3.73. The average molecular weight is 211 g/mol. The van der Waals surface area contributed by atoms with Crippen LogP contribution in [0, 0.1) is 5.92 Å². The Balaban J connectivity index is 2.55. The van der Waals surface area contributed by atoms with Crippen molar-refractivity contribution in [3.05, 3.63) is 12.2 Å². The van der Waals surface area contributed by atoms with E-state index in [4.69, 9.17) is 5.11 Å². The van der Waals surface area contributed by atoms with Crippen LogP contribution in [-0.4, -0.2) is 35.0 Å². The third-order valence-corrected chi connectivity index (χ3v) is 2.64. The van der Waals surface area contributed by atoms with Crippen molar-refractivity contribution in [2.75, 3.05) is 13.1 Å². The average Bonchev–Trinajstić information content (AvgIpc) is 2.26. The summed E-state index contributed by atoms with van der Waals surface area (Å²) in [6.07, 6.45) is 6.57. The lowest BCUT2D eigenvalue weighted by atomic mass is 9.93. The maximum absolute atomic E-state index is 11.9. The second-order valence-corrected chi connectivity index (χ2v) is 3.73. The molecule has 0 bridgehead atoms. The van der Waals surface area contributed by atoms with Crippen LogP contribution in [0.3, 0.4) is 0 Å². The van der Waals surface area contributed by atoms with Gasteiger partial charge in [-0.25, -0.2) is 0 Å². The van der Waals surface area contributed by atoms with Gasteiger partial charge in [-0.1, -0.05) is 12.2 Å². The highest BCUT2D eigenvalue weighted by atomic mass is 16.4. The van der Waals surface area contributed by atoms with E-state index in [0.29, 0.717) is 6.54 Å². The van der Waals surface area contributed by atoms with Crippen molar-refractivity contribution < 1.29 is 14.7 Å². The van der Waals surface area contributed by atoms with Crippen LogP contribution in [0.5, 0.6) is 0 Å². The van der Waals surface area contributed by atoms with E-state index in [1.54, 1.807) is 6.92 Å². The van der Waals surface area contributed by atoms with Gasteiger partial charge in [0, 0.05) is 12.5 Å². The van der Waals surface area contributed by atoms with E-state index in [2.05, 4.69) is 6.08 Å². The Morgan fingerprint density at radius 1 is 1.47 bits per heavy atom. The quantitative estimate of drug-likeness (QED) is 0.712. The van der Waals surface area contributed by atoms with Gasteiger partial charge in [-0.3, -0.25) is 9.59 Å². The summed E-state index contributed by atoms with van der Waals surface area (Å²) in [6, 6.07) is 0. The van der Waals surface area contributed by atoms with E-state index in [1.807, 2.05) is 6.08 Å². The number of amides is 1. The molecular formula is C11H17NO3. The predicted molar refractivity (Wildman–Crippen MR) is 56.4 cm³/mol. The molecular weight excluding hydrogens is 194 g/mol. The molecule has 4 heteroatoms. The summed E-state index contributed by atoms with van der Waals surface area (Å²) in [4.78, 5) is 23.9. The minimum atomic E-state index is -0.948. The highest BCUT2D eigenvalue weighted by Gasteiger charge is 2.24. The van der Waals surface area contributed by atoms with Crippen LogP contribution in [0.25, 0.3) is 0 Å². The normalized spacial score (nSPS) is 19.9. The number of nitrogens with zero attached hydrogens (tertiary/aromatic N) is 1. The van der Waals surface area contributed by atoms with Crippen LogP contribution < -0.4 is 0 Å². The van der Waals surface area contributed by atoms with Crippen LogP contribution >= 0.6 is 0 Å². The minimum absolute atomic E-state index is 0.0192. The summed E-state index contributed by atoms with van der Waals surface area (Å²) in [6.45, 7) is 2.08. The van der Waals surface area contributed by atoms with Crippen molar-refractivity contribution in [2.45, 2.75) is 26.2 Å². The zero-order chi connectivity index (χ0) is 11.3. The number of carbonyl (C=O) groups is 2. The number of aliphatic carboxylic acids is 1. The molecule has 0 aromatic heterocycles. The number of carboxylic acids is 1. The van der Waals surface area contributed by atoms with Crippen LogP contribution in [0.1, 0.15) is 26.2 Å². The molecule has 1 atom stereocenters. The molecule has 15 heavy (non-hydrogen) atoms. The van der Waals surface area contributed by atoms with Gasteiger partial charge in [0.2, 0.25) is 5.91 Å². The van der Waals surface area contributed by atoms with Crippen molar-refractivity contribution in [1.29, 1.82) is 0 Å². The first-order chi connectivity index (χ1) is 7.15. The van der Waals surface area contributed by atoms with E-state index in [9.17, 15) is 9.59 Å². The second kappa shape index (κ2) is 5.53. The highest BCUT2D eigenvalue weighted by molar-refractivity contribution is 5.83. The van der Waals surface area contributed by atoms with Crippen molar-refractivity contribution >= 4 is 11.9 Å². The van der Waals surface area contributed by atoms with Gasteiger partial charge in [-0.05, 0) is 26.2 Å². The van der Waals surface area contributed by atoms with Crippen LogP contribution in [0.2, 0.25) is 0 Å². The van der Waals surface area contributed by atoms with E-state index < -0.39 is 5.97 Å². The number of hydrogen-bond donors (Lipinski definition) is 1. The molecule has 1 aliphatic rings. The molecule has 0 spiro atoms. The molecule has 1 rings (SSSR count). The van der Waals surface area contributed by atoms with Gasteiger partial charge < -0.3 is 10.0 Å². The largest absolute Gasteiger partial charge is 0.480 e. The Morgan fingerprint density at radius 2 is 2.20 bits per heavy atom. The lowest BCUT2D eigenvalue weighted by Crippen LogP contribution is -2.39. The first kappa shape index (κ1) is 11.8. The molecule has 1 amide bonds. The smallest absolute Gasteiger partial charge is 0.323 e. The summed E-state index contributed by atoms with van der Waals surface area (Å²) < 4.78 is 0. The highest BCUT2D eigenvalue weighted by Crippen LogP contribution is 2.20. The maximum Gasteiger partial charge on any atom is 0.323 e. The fraction of sp³-hybridized carbons (Fsp3) is 0.636. The van der Waals surface area contributed by atoms with Gasteiger partial charge >= 0.3 is 5.97 Å². The van der Waals surface area contributed by atoms with Gasteiger partial charge in [0.05, 0.1) is 0 Å². The Kier molecular flexibility index (Phi) is 4.34. The molecule has 84 valence electrons. The van der Waals surface area contributed by atoms with E-state index in [1.165, 1.54) is 4.90 Å². The molecule has 1 unspecified atom stereocenters. The molecule has 1 aliphatic carbocycles. The van der Waals surface area contributed by atoms with Crippen molar-refractivity contribution in [2.24, 2.45) is 5.92 Å². The fourth-order valence-corrected chi connectivity index (χ4v) is 1.78. The zero-order valence-electron chi connectivity index (χ0n) is 8.98. The van der Waals surface area contributed by atoms with Crippen molar-refractivity contribution in [1.82, 2.24) is 4.90 Å². The van der Waals surface area contributed by atoms with Gasteiger partial charge in [0.15, 0.2) is 0 Å². The summed E-state index contributed by atoms with van der Waals surface area (Å²) in [5, 5.41) is 8.65. The summed E-state index contributed by atoms with van der Waals surface area (Å²) in [5.74, 6) is -0.991. The van der Waals surface area contributed by atoms with E-state index in [0.717, 1.165) is 19.3 Å². The number of allylic oxidation sites excluding steroid dienone is 2. The van der Waals surface area contributed by atoms with Crippen molar-refractivity contribution in [3.63, 3.8) is 0 Å². The number of likely N-dealkylation sites (N-methyl/N-ethyl adjacent to an activating group) is 1. The van der Waals surface area contributed by atoms with Crippen LogP contribution in [0.4, 0.5) is 0 Å². The molecule has 0 fully saturated rings. The molecule has 0 aliphatic heterocycles. The Hall–Kier alpha value is -1.32. The summed E-state index contributed by atoms with van der Waals surface area (Å²) in [5.41, 5.74) is 0. The molecule has 1 N–H and O–H groups in total. The third-order valence-electron chi connectivity index (χ3n) is 2.64. The van der Waals surface area contributed by atoms with Gasteiger partial charge in [-0.2, -0.15) is 0 Å². The number of carbonyl (C=O) groups excluding carboxylic acids is 1. The summed E-state index contributed by atoms with van der Waals surface area (Å²) in [7, 11) is 0. The van der Waals surface area contributed by atoms with Crippen LogP contribution in [0.15, 0.2) is 12.2 Å². The van der Waals surface area contributed by atoms with Crippen LogP contribution in [-0.2, 0) is 9.59 Å². The topological polar surface area (TPSA) is 57.6 Å². The molecule has 0 aromatic rings. The van der Waals surface area contributed by atoms with E-state index >= 15 is 0 Å². The first-order valence-electron chi connectivity index (χ1n) is 5.30. The monoisotopic (exact) mass is 211 g/mol. The fourth-order valence-electron chi connectivity index (χ4n) is 1.78. The molecule has 0 saturated heterocycles. The van der Waals surface area contributed by atoms with Gasteiger partial charge in [0.1, 0.15) is 6.54 Å². The van der Waals surface area contributed by atoms with Crippen molar-refractivity contribution in [3.8, 4) is 0 Å². The molecule has 0 radical (unpaired) electrons. The Bertz CT molecular complexity index is 273. The SMILES string of the molecule is CCN(CC(=O)O)C(=O)C1CC=CCC1. The minimum Gasteiger partial charge on any atom is -0.480 e. The number of rotatable bonds is 4. The number of carboxylic acid groups (broad SMARTS) is 1. The Labute approximate surface area is 89.6 Å². The zero-order valence-corrected chi connectivity index (χ0v) is 8.98. The molecule has 0 aromatic carbocycles. The third kappa shape index (κ3) is 3.38. The van der Waals surface area contributed by atoms with Gasteiger partial charge in [-0.15, -0.1) is 0 Å². The predicted octanol–water partition coefficient (Wildman–Crippen LogP) is 1.28. The standard InChI is InChI=1S/C11H17NO3/c1-2-12(8-10(13)14)11(15)9-6-4-3-5-7-9/h3-4,9H,2,5-8H2,1H3,(H,13,14). The number of hydrogen-bond acceptors (Lipinski definition) is 2. The summed E-state index contributed by atoms with van der Waals surface area (Å²) >= 11 is 0. The van der Waals surface area contributed by atoms with E-state index in [-0.39, 0.29) is 18.4 Å².